The largest absolute Gasteiger partial charge is 0.481 e. The molecule has 1 aromatic heterocycles. The third-order valence-electron chi connectivity index (χ3n) is 3.97. The van der Waals surface area contributed by atoms with Gasteiger partial charge in [0.1, 0.15) is 0 Å². The second kappa shape index (κ2) is 20.6. The average molecular weight is 373 g/mol. The number of thiophene rings is 1. The topological polar surface area (TPSA) is 37.3 Å². The normalized spacial score (nSPS) is 10.2. The van der Waals surface area contributed by atoms with Crippen molar-refractivity contribution in [2.24, 2.45) is 0 Å². The van der Waals surface area contributed by atoms with Gasteiger partial charge in [0, 0.05) is 6.42 Å². The number of aliphatic carboxylic acids is 1. The van der Waals surface area contributed by atoms with E-state index >= 15 is 0 Å². The number of carboxylic acids is 1. The minimum atomic E-state index is -0.658. The molecular weight excluding hydrogens is 336 g/mol. The Labute approximate surface area is 158 Å². The molecule has 0 spiro atoms. The van der Waals surface area contributed by atoms with E-state index in [-0.39, 0.29) is 0 Å². The highest BCUT2D eigenvalue weighted by molar-refractivity contribution is 7.80. The van der Waals surface area contributed by atoms with Crippen LogP contribution in [0.25, 0.3) is 0 Å². The van der Waals surface area contributed by atoms with Crippen LogP contribution in [-0.4, -0.2) is 16.8 Å². The summed E-state index contributed by atoms with van der Waals surface area (Å²) in [6.07, 6.45) is 17.0. The van der Waals surface area contributed by atoms with E-state index in [0.717, 1.165) is 18.6 Å². The van der Waals surface area contributed by atoms with Crippen LogP contribution in [-0.2, 0) is 4.79 Å². The molecule has 24 heavy (non-hydrogen) atoms. The van der Waals surface area contributed by atoms with Gasteiger partial charge in [-0.15, -0.1) is 0 Å². The summed E-state index contributed by atoms with van der Waals surface area (Å²) in [6, 6.07) is 4.04. The van der Waals surface area contributed by atoms with Gasteiger partial charge in [-0.3, -0.25) is 4.79 Å². The van der Waals surface area contributed by atoms with Crippen molar-refractivity contribution in [2.45, 2.75) is 89.9 Å². The van der Waals surface area contributed by atoms with Crippen LogP contribution in [0.15, 0.2) is 22.9 Å². The molecule has 1 rings (SSSR count). The van der Waals surface area contributed by atoms with Gasteiger partial charge in [-0.1, -0.05) is 82.8 Å². The Kier molecular flexibility index (Phi) is 20.2. The van der Waals surface area contributed by atoms with Crippen molar-refractivity contribution < 1.29 is 9.90 Å². The Hall–Kier alpha value is -0.480. The maximum Gasteiger partial charge on any atom is 0.303 e. The molecule has 0 unspecified atom stereocenters. The van der Waals surface area contributed by atoms with Gasteiger partial charge < -0.3 is 5.11 Å². The minimum absolute atomic E-state index is 0.340. The Balaban J connectivity index is 0.000000889. The number of unbranched alkanes of at least 4 members (excludes halogenated alkanes) is 12. The lowest BCUT2D eigenvalue weighted by molar-refractivity contribution is -0.137. The Morgan fingerprint density at radius 1 is 0.708 bits per heavy atom. The summed E-state index contributed by atoms with van der Waals surface area (Å²) < 4.78 is 0. The smallest absolute Gasteiger partial charge is 0.303 e. The first-order valence-corrected chi connectivity index (χ1v) is 11.1. The lowest BCUT2D eigenvalue weighted by Crippen LogP contribution is -1.93. The van der Waals surface area contributed by atoms with Gasteiger partial charge in [-0.25, -0.2) is 0 Å². The molecule has 0 aliphatic carbocycles. The van der Waals surface area contributed by atoms with Crippen molar-refractivity contribution in [2.75, 3.05) is 5.75 Å². The molecule has 1 heterocycles. The third-order valence-corrected chi connectivity index (χ3v) is 4.92. The fraction of sp³-hybridized carbons (Fsp3) is 0.750. The summed E-state index contributed by atoms with van der Waals surface area (Å²) in [5, 5.41) is 12.6. The SMILES string of the molecule is O=C(O)CCCCCCCCCCCCCCCS.c1ccsc1. The highest BCUT2D eigenvalue weighted by Crippen LogP contribution is 2.13. The molecule has 0 aliphatic heterocycles. The van der Waals surface area contributed by atoms with Gasteiger partial charge in [0.25, 0.3) is 0 Å². The van der Waals surface area contributed by atoms with Gasteiger partial charge in [0.05, 0.1) is 0 Å². The second-order valence-corrected chi connectivity index (χ2v) is 7.52. The number of carbonyl (C=O) groups is 1. The highest BCUT2D eigenvalue weighted by Gasteiger charge is 1.96. The summed E-state index contributed by atoms with van der Waals surface area (Å²) >= 11 is 5.93. The number of thiol groups is 1. The van der Waals surface area contributed by atoms with E-state index < -0.39 is 5.97 Å². The molecule has 0 aliphatic rings. The number of hydrogen-bond acceptors (Lipinski definition) is 3. The van der Waals surface area contributed by atoms with E-state index in [1.54, 1.807) is 11.3 Å². The Morgan fingerprint density at radius 3 is 1.38 bits per heavy atom. The van der Waals surface area contributed by atoms with Crippen molar-refractivity contribution in [3.05, 3.63) is 22.9 Å². The summed E-state index contributed by atoms with van der Waals surface area (Å²) in [5.41, 5.74) is 0. The van der Waals surface area contributed by atoms with Crippen LogP contribution in [0.1, 0.15) is 89.9 Å². The Bertz CT molecular complexity index is 322. The van der Waals surface area contributed by atoms with Crippen LogP contribution < -0.4 is 0 Å². The molecule has 0 aromatic carbocycles. The lowest BCUT2D eigenvalue weighted by atomic mass is 10.0. The predicted molar refractivity (Wildman–Crippen MR) is 110 cm³/mol. The van der Waals surface area contributed by atoms with Gasteiger partial charge in [0.2, 0.25) is 0 Å². The van der Waals surface area contributed by atoms with Crippen molar-refractivity contribution in [3.63, 3.8) is 0 Å². The van der Waals surface area contributed by atoms with Crippen LogP contribution >= 0.6 is 24.0 Å². The van der Waals surface area contributed by atoms with E-state index in [4.69, 9.17) is 5.11 Å². The van der Waals surface area contributed by atoms with Crippen molar-refractivity contribution in [1.29, 1.82) is 0 Å². The molecule has 0 fully saturated rings. The lowest BCUT2D eigenvalue weighted by Gasteiger charge is -2.02. The molecule has 0 radical (unpaired) electrons. The second-order valence-electron chi connectivity index (χ2n) is 6.26. The fourth-order valence-corrected chi connectivity index (χ4v) is 3.24. The van der Waals surface area contributed by atoms with Crippen LogP contribution in [0.2, 0.25) is 0 Å². The van der Waals surface area contributed by atoms with Gasteiger partial charge in [0.15, 0.2) is 0 Å². The standard InChI is InChI=1S/C16H32O2S.C4H4S/c17-16(18)14-12-10-8-6-4-2-1-3-5-7-9-11-13-15-19;1-2-4-5-3-1/h19H,1-15H2,(H,17,18);1-4H. The molecule has 1 aromatic rings. The van der Waals surface area contributed by atoms with Crippen LogP contribution in [0.4, 0.5) is 0 Å². The first kappa shape index (κ1) is 23.5. The van der Waals surface area contributed by atoms with Crippen LogP contribution in [0.3, 0.4) is 0 Å². The monoisotopic (exact) mass is 372 g/mol. The fourth-order valence-electron chi connectivity index (χ4n) is 2.56. The van der Waals surface area contributed by atoms with Crippen molar-refractivity contribution in [3.8, 4) is 0 Å². The summed E-state index contributed by atoms with van der Waals surface area (Å²) in [4.78, 5) is 10.3. The number of rotatable bonds is 15. The van der Waals surface area contributed by atoms with E-state index in [2.05, 4.69) is 12.6 Å². The van der Waals surface area contributed by atoms with E-state index in [9.17, 15) is 4.79 Å². The zero-order chi connectivity index (χ0) is 17.7. The summed E-state index contributed by atoms with van der Waals surface area (Å²) in [7, 11) is 0. The molecule has 0 bridgehead atoms. The first-order chi connectivity index (χ1) is 11.8. The molecule has 0 saturated heterocycles. The van der Waals surface area contributed by atoms with E-state index in [0.29, 0.717) is 6.42 Å². The minimum Gasteiger partial charge on any atom is -0.481 e. The molecule has 0 amide bonds. The summed E-state index contributed by atoms with van der Waals surface area (Å²) in [6.45, 7) is 0. The molecule has 4 heteroatoms. The maximum absolute atomic E-state index is 10.3. The maximum atomic E-state index is 10.3. The number of carboxylic acid groups (broad SMARTS) is 1. The van der Waals surface area contributed by atoms with Crippen molar-refractivity contribution in [1.82, 2.24) is 0 Å². The van der Waals surface area contributed by atoms with E-state index in [1.807, 2.05) is 22.9 Å². The quantitative estimate of drug-likeness (QED) is 0.252. The summed E-state index contributed by atoms with van der Waals surface area (Å²) in [5.74, 6) is 0.376. The molecule has 0 saturated carbocycles. The third kappa shape index (κ3) is 21.5. The van der Waals surface area contributed by atoms with E-state index in [1.165, 1.54) is 70.6 Å². The van der Waals surface area contributed by atoms with Crippen LogP contribution in [0, 0.1) is 0 Å². The number of hydrogen-bond donors (Lipinski definition) is 2. The van der Waals surface area contributed by atoms with Crippen LogP contribution in [0.5, 0.6) is 0 Å². The Morgan fingerprint density at radius 2 is 1.08 bits per heavy atom. The zero-order valence-electron chi connectivity index (χ0n) is 15.1. The molecule has 2 nitrogen and oxygen atoms in total. The van der Waals surface area contributed by atoms with Gasteiger partial charge in [-0.2, -0.15) is 24.0 Å². The van der Waals surface area contributed by atoms with Gasteiger partial charge >= 0.3 is 5.97 Å². The highest BCUT2D eigenvalue weighted by atomic mass is 32.1. The average Bonchev–Trinajstić information content (AvgIpc) is 3.15. The molecular formula is C20H36O2S2. The zero-order valence-corrected chi connectivity index (χ0v) is 16.8. The molecule has 0 atom stereocenters. The molecule has 1 N–H and O–H groups in total. The molecule has 140 valence electrons. The first-order valence-electron chi connectivity index (χ1n) is 9.57. The van der Waals surface area contributed by atoms with Crippen molar-refractivity contribution >= 4 is 29.9 Å². The van der Waals surface area contributed by atoms with Gasteiger partial charge in [-0.05, 0) is 29.4 Å². The predicted octanol–water partition coefficient (Wildman–Crippen LogP) is 7.21.